The third-order valence-corrected chi connectivity index (χ3v) is 3.01. The van der Waals surface area contributed by atoms with E-state index >= 15 is 0 Å². The van der Waals surface area contributed by atoms with Crippen LogP contribution in [0.5, 0.6) is 5.75 Å². The van der Waals surface area contributed by atoms with Crippen LogP contribution in [-0.2, 0) is 11.2 Å². The normalized spacial score (nSPS) is 12.9. The molecule has 0 atom stereocenters. The number of carbonyl (C=O) groups is 1. The van der Waals surface area contributed by atoms with Crippen molar-refractivity contribution in [3.05, 3.63) is 65.2 Å². The summed E-state index contributed by atoms with van der Waals surface area (Å²) < 4.78 is 5.16. The van der Waals surface area contributed by atoms with E-state index in [0.29, 0.717) is 12.2 Å². The van der Waals surface area contributed by atoms with Crippen LogP contribution in [0.15, 0.2) is 48.5 Å². The van der Waals surface area contributed by atoms with Crippen LogP contribution in [0.25, 0.3) is 0 Å². The van der Waals surface area contributed by atoms with Crippen molar-refractivity contribution in [2.75, 3.05) is 0 Å². The van der Waals surface area contributed by atoms with Crippen LogP contribution >= 0.6 is 0 Å². The minimum absolute atomic E-state index is 0.157. The highest BCUT2D eigenvalue weighted by Crippen LogP contribution is 2.25. The van der Waals surface area contributed by atoms with Gasteiger partial charge < -0.3 is 4.74 Å². The van der Waals surface area contributed by atoms with Gasteiger partial charge in [0.05, 0.1) is 6.42 Å². The summed E-state index contributed by atoms with van der Waals surface area (Å²) in [5, 5.41) is 0. The molecule has 0 radical (unpaired) electrons. The molecule has 0 saturated heterocycles. The second-order valence-corrected chi connectivity index (χ2v) is 4.41. The molecule has 92 valence electrons. The Kier molecular flexibility index (Phi) is 3.04. The summed E-state index contributed by atoms with van der Waals surface area (Å²) in [6.45, 7) is 0. The fraction of sp³-hybridized carbons (Fsp3) is 0.118. The van der Waals surface area contributed by atoms with E-state index in [2.05, 4.69) is 11.8 Å². The monoisotopic (exact) mass is 248 g/mol. The first-order chi connectivity index (χ1) is 9.31. The highest BCUT2D eigenvalue weighted by Gasteiger charge is 2.16. The van der Waals surface area contributed by atoms with E-state index in [9.17, 15) is 4.79 Å². The van der Waals surface area contributed by atoms with E-state index in [0.717, 1.165) is 23.1 Å². The van der Waals surface area contributed by atoms with Crippen molar-refractivity contribution < 1.29 is 9.53 Å². The van der Waals surface area contributed by atoms with E-state index in [4.69, 9.17) is 4.74 Å². The van der Waals surface area contributed by atoms with Gasteiger partial charge in [-0.05, 0) is 42.3 Å². The number of hydrogen-bond acceptors (Lipinski definition) is 2. The second kappa shape index (κ2) is 4.99. The van der Waals surface area contributed by atoms with E-state index in [1.54, 1.807) is 0 Å². The molecule has 0 saturated carbocycles. The standard InChI is InChI=1S/C17H12O2/c18-17-11-9-15-12-14(8-10-16(15)19-17)7-6-13-4-2-1-3-5-13/h1-5,8,10,12H,9,11H2. The Morgan fingerprint density at radius 2 is 1.68 bits per heavy atom. The van der Waals surface area contributed by atoms with Crippen LogP contribution in [0.1, 0.15) is 23.1 Å². The molecule has 0 unspecified atom stereocenters. The first-order valence-corrected chi connectivity index (χ1v) is 6.22. The topological polar surface area (TPSA) is 26.3 Å². The lowest BCUT2D eigenvalue weighted by Crippen LogP contribution is -2.15. The third kappa shape index (κ3) is 2.66. The van der Waals surface area contributed by atoms with Gasteiger partial charge in [-0.25, -0.2) is 0 Å². The van der Waals surface area contributed by atoms with Crippen molar-refractivity contribution in [1.29, 1.82) is 0 Å². The number of aryl methyl sites for hydroxylation is 1. The van der Waals surface area contributed by atoms with E-state index in [-0.39, 0.29) is 5.97 Å². The maximum Gasteiger partial charge on any atom is 0.311 e. The summed E-state index contributed by atoms with van der Waals surface area (Å²) in [7, 11) is 0. The quantitative estimate of drug-likeness (QED) is 0.407. The van der Waals surface area contributed by atoms with Crippen LogP contribution in [0.2, 0.25) is 0 Å². The molecule has 0 spiro atoms. The summed E-state index contributed by atoms with van der Waals surface area (Å²) in [5.41, 5.74) is 2.99. The highest BCUT2D eigenvalue weighted by molar-refractivity contribution is 5.75. The lowest BCUT2D eigenvalue weighted by Gasteiger charge is -2.15. The molecule has 0 aliphatic carbocycles. The van der Waals surface area contributed by atoms with Crippen LogP contribution in [0.4, 0.5) is 0 Å². The largest absolute Gasteiger partial charge is 0.426 e. The van der Waals surface area contributed by atoms with E-state index < -0.39 is 0 Å². The summed E-state index contributed by atoms with van der Waals surface area (Å²) in [5.74, 6) is 6.76. The Morgan fingerprint density at radius 1 is 0.895 bits per heavy atom. The fourth-order valence-corrected chi connectivity index (χ4v) is 2.03. The molecule has 0 amide bonds. The van der Waals surface area contributed by atoms with Crippen molar-refractivity contribution in [2.45, 2.75) is 12.8 Å². The van der Waals surface area contributed by atoms with E-state index in [1.807, 2.05) is 48.5 Å². The Morgan fingerprint density at radius 3 is 2.53 bits per heavy atom. The molecule has 1 aliphatic heterocycles. The van der Waals surface area contributed by atoms with Gasteiger partial charge in [-0.3, -0.25) is 4.79 Å². The van der Waals surface area contributed by atoms with Crippen molar-refractivity contribution in [2.24, 2.45) is 0 Å². The number of hydrogen-bond donors (Lipinski definition) is 0. The Hall–Kier alpha value is -2.53. The van der Waals surface area contributed by atoms with Gasteiger partial charge in [-0.15, -0.1) is 0 Å². The van der Waals surface area contributed by atoms with Crippen molar-refractivity contribution in [1.82, 2.24) is 0 Å². The number of esters is 1. The predicted octanol–water partition coefficient (Wildman–Crippen LogP) is 2.94. The van der Waals surface area contributed by atoms with Crippen LogP contribution < -0.4 is 4.74 Å². The van der Waals surface area contributed by atoms with E-state index in [1.165, 1.54) is 0 Å². The summed E-state index contributed by atoms with van der Waals surface area (Å²) in [6.07, 6.45) is 1.18. The molecule has 1 heterocycles. The Balaban J connectivity index is 1.88. The number of rotatable bonds is 0. The van der Waals surface area contributed by atoms with Crippen LogP contribution in [-0.4, -0.2) is 5.97 Å². The molecule has 0 aromatic heterocycles. The van der Waals surface area contributed by atoms with Crippen LogP contribution in [0.3, 0.4) is 0 Å². The Labute approximate surface area is 112 Å². The number of benzene rings is 2. The summed E-state index contributed by atoms with van der Waals surface area (Å²) >= 11 is 0. The second-order valence-electron chi connectivity index (χ2n) is 4.41. The minimum Gasteiger partial charge on any atom is -0.426 e. The molecular weight excluding hydrogens is 236 g/mol. The molecule has 3 rings (SSSR count). The lowest BCUT2D eigenvalue weighted by molar-refractivity contribution is -0.135. The van der Waals surface area contributed by atoms with Crippen molar-refractivity contribution in [3.63, 3.8) is 0 Å². The Bertz CT molecular complexity index is 675. The van der Waals surface area contributed by atoms with Gasteiger partial charge >= 0.3 is 5.97 Å². The predicted molar refractivity (Wildman–Crippen MR) is 72.8 cm³/mol. The maximum atomic E-state index is 11.2. The van der Waals surface area contributed by atoms with Gasteiger partial charge in [-0.2, -0.15) is 0 Å². The first kappa shape index (κ1) is 11.6. The average molecular weight is 248 g/mol. The zero-order valence-electron chi connectivity index (χ0n) is 10.3. The first-order valence-electron chi connectivity index (χ1n) is 6.22. The zero-order valence-corrected chi connectivity index (χ0v) is 10.3. The molecule has 2 aromatic rings. The number of fused-ring (bicyclic) bond motifs is 1. The van der Waals surface area contributed by atoms with Crippen molar-refractivity contribution in [3.8, 4) is 17.6 Å². The molecule has 2 nitrogen and oxygen atoms in total. The van der Waals surface area contributed by atoms with Crippen molar-refractivity contribution >= 4 is 5.97 Å². The van der Waals surface area contributed by atoms with Gasteiger partial charge in [-0.1, -0.05) is 30.0 Å². The molecule has 19 heavy (non-hydrogen) atoms. The van der Waals surface area contributed by atoms with Gasteiger partial charge in [0.25, 0.3) is 0 Å². The SMILES string of the molecule is O=C1CCc2cc(C#Cc3ccccc3)ccc2O1. The third-order valence-electron chi connectivity index (χ3n) is 3.01. The van der Waals surface area contributed by atoms with Gasteiger partial charge in [0.15, 0.2) is 0 Å². The number of carbonyl (C=O) groups excluding carboxylic acids is 1. The molecular formula is C17H12O2. The van der Waals surface area contributed by atoms with Crippen LogP contribution in [0, 0.1) is 11.8 Å². The average Bonchev–Trinajstić information content (AvgIpc) is 2.46. The van der Waals surface area contributed by atoms with Gasteiger partial charge in [0.2, 0.25) is 0 Å². The molecule has 1 aliphatic rings. The maximum absolute atomic E-state index is 11.2. The molecule has 2 aromatic carbocycles. The molecule has 2 heteroatoms. The zero-order chi connectivity index (χ0) is 13.1. The number of ether oxygens (including phenoxy) is 1. The molecule has 0 bridgehead atoms. The van der Waals surface area contributed by atoms with Gasteiger partial charge in [0.1, 0.15) is 5.75 Å². The summed E-state index contributed by atoms with van der Waals surface area (Å²) in [4.78, 5) is 11.2. The van der Waals surface area contributed by atoms with Gasteiger partial charge in [0, 0.05) is 11.1 Å². The molecule has 0 N–H and O–H groups in total. The smallest absolute Gasteiger partial charge is 0.311 e. The lowest BCUT2D eigenvalue weighted by atomic mass is 10.0. The fourth-order valence-electron chi connectivity index (χ4n) is 2.03. The highest BCUT2D eigenvalue weighted by atomic mass is 16.5. The molecule has 0 fully saturated rings. The minimum atomic E-state index is -0.157. The summed E-state index contributed by atoms with van der Waals surface area (Å²) in [6, 6.07) is 15.6.